The smallest absolute Gasteiger partial charge is 0.324 e. The number of amidine groups is 1. The van der Waals surface area contributed by atoms with Crippen LogP contribution in [0.1, 0.15) is 44.7 Å². The number of likely N-dealkylation sites (tertiary alicyclic amines) is 1. The number of hydrogen-bond donors (Lipinski definition) is 2. The summed E-state index contributed by atoms with van der Waals surface area (Å²) < 4.78 is 5.94. The molecule has 0 spiro atoms. The van der Waals surface area contributed by atoms with Crippen LogP contribution in [0.5, 0.6) is 0 Å². The number of carbonyl (C=O) groups excluding carboxylic acids is 1. The van der Waals surface area contributed by atoms with Crippen molar-refractivity contribution in [2.75, 3.05) is 44.2 Å². The average molecular weight is 542 g/mol. The maximum Gasteiger partial charge on any atom is 0.324 e. The average Bonchev–Trinajstić information content (AvgIpc) is 2.95. The fraction of sp³-hybridized carbons (Fsp3) is 0.455. The summed E-state index contributed by atoms with van der Waals surface area (Å²) in [6, 6.07) is 23.0. The molecule has 0 saturated carbocycles. The molecule has 7 heteroatoms. The molecule has 2 aliphatic heterocycles. The van der Waals surface area contributed by atoms with Crippen molar-refractivity contribution in [2.24, 2.45) is 5.73 Å². The van der Waals surface area contributed by atoms with Crippen LogP contribution in [0.15, 0.2) is 66.7 Å². The summed E-state index contributed by atoms with van der Waals surface area (Å²) in [6.45, 7) is 11.7. The van der Waals surface area contributed by atoms with E-state index in [4.69, 9.17) is 15.9 Å². The largest absolute Gasteiger partial charge is 0.459 e. The highest BCUT2D eigenvalue weighted by Crippen LogP contribution is 2.27. The standard InChI is InChI=1S/C33H43N5O2/c1-33(2,3)40-32(39)30(23-26-9-6-8-24-7-4-5-10-29(24)26)38-17-15-28(16-18-38)37-21-19-36(20-22-37)27-13-11-25(12-14-27)31(34)35/h4-14,28,30H,15-23H2,1-3H3,(H3,34,35). The van der Waals surface area contributed by atoms with Gasteiger partial charge in [-0.2, -0.15) is 0 Å². The summed E-state index contributed by atoms with van der Waals surface area (Å²) in [7, 11) is 0. The molecule has 40 heavy (non-hydrogen) atoms. The van der Waals surface area contributed by atoms with E-state index in [9.17, 15) is 4.79 Å². The van der Waals surface area contributed by atoms with Crippen molar-refractivity contribution in [1.29, 1.82) is 5.41 Å². The predicted octanol–water partition coefficient (Wildman–Crippen LogP) is 4.66. The van der Waals surface area contributed by atoms with Crippen LogP contribution in [0.25, 0.3) is 10.8 Å². The van der Waals surface area contributed by atoms with Crippen molar-refractivity contribution >= 4 is 28.3 Å². The Balaban J connectivity index is 1.21. The quantitative estimate of drug-likeness (QED) is 0.257. The summed E-state index contributed by atoms with van der Waals surface area (Å²) in [6.07, 6.45) is 2.77. The summed E-state index contributed by atoms with van der Waals surface area (Å²) >= 11 is 0. The van der Waals surface area contributed by atoms with Crippen LogP contribution in [0.3, 0.4) is 0 Å². The first-order valence-electron chi connectivity index (χ1n) is 14.5. The molecule has 2 fully saturated rings. The highest BCUT2D eigenvalue weighted by molar-refractivity contribution is 5.95. The van der Waals surface area contributed by atoms with Gasteiger partial charge in [-0.05, 0) is 80.6 Å². The van der Waals surface area contributed by atoms with Gasteiger partial charge in [0.25, 0.3) is 0 Å². The molecule has 0 amide bonds. The summed E-state index contributed by atoms with van der Waals surface area (Å²) in [5, 5.41) is 10.0. The maximum absolute atomic E-state index is 13.5. The lowest BCUT2D eigenvalue weighted by Gasteiger charge is -2.44. The van der Waals surface area contributed by atoms with Gasteiger partial charge >= 0.3 is 5.97 Å². The third-order valence-corrected chi connectivity index (χ3v) is 8.29. The Morgan fingerprint density at radius 3 is 2.23 bits per heavy atom. The number of piperazine rings is 1. The second-order valence-corrected chi connectivity index (χ2v) is 12.1. The molecule has 7 nitrogen and oxygen atoms in total. The van der Waals surface area contributed by atoms with Crippen molar-refractivity contribution in [1.82, 2.24) is 9.80 Å². The van der Waals surface area contributed by atoms with E-state index in [1.54, 1.807) is 0 Å². The van der Waals surface area contributed by atoms with Crippen LogP contribution in [0.4, 0.5) is 5.69 Å². The normalized spacial score (nSPS) is 18.5. The Hall–Kier alpha value is -3.42. The fourth-order valence-corrected chi connectivity index (χ4v) is 6.17. The second-order valence-electron chi connectivity index (χ2n) is 12.1. The number of nitrogens with two attached hydrogens (primary N) is 1. The Kier molecular flexibility index (Phi) is 8.43. The maximum atomic E-state index is 13.5. The third-order valence-electron chi connectivity index (χ3n) is 8.29. The summed E-state index contributed by atoms with van der Waals surface area (Å²) in [5.74, 6) is -0.0166. The van der Waals surface area contributed by atoms with Gasteiger partial charge in [0.15, 0.2) is 0 Å². The Morgan fingerprint density at radius 1 is 0.925 bits per heavy atom. The molecule has 0 aliphatic carbocycles. The minimum absolute atomic E-state index is 0.105. The Labute approximate surface area is 238 Å². The lowest BCUT2D eigenvalue weighted by Crippen LogP contribution is -2.55. The second kappa shape index (κ2) is 12.0. The minimum atomic E-state index is -0.515. The van der Waals surface area contributed by atoms with E-state index in [2.05, 4.69) is 69.3 Å². The molecule has 2 aliphatic rings. The summed E-state index contributed by atoms with van der Waals surface area (Å²) in [5.41, 5.74) is 8.24. The van der Waals surface area contributed by atoms with Gasteiger partial charge in [0.05, 0.1) is 0 Å². The first-order valence-corrected chi connectivity index (χ1v) is 14.5. The Bertz CT molecular complexity index is 1310. The monoisotopic (exact) mass is 541 g/mol. The van der Waals surface area contributed by atoms with Crippen molar-refractivity contribution < 1.29 is 9.53 Å². The number of fused-ring (bicyclic) bond motifs is 1. The predicted molar refractivity (Wildman–Crippen MR) is 163 cm³/mol. The molecule has 2 saturated heterocycles. The topological polar surface area (TPSA) is 85.9 Å². The molecule has 0 bridgehead atoms. The molecule has 5 rings (SSSR count). The Morgan fingerprint density at radius 2 is 1.57 bits per heavy atom. The zero-order valence-corrected chi connectivity index (χ0v) is 24.1. The lowest BCUT2D eigenvalue weighted by molar-refractivity contribution is -0.162. The first-order chi connectivity index (χ1) is 19.2. The van der Waals surface area contributed by atoms with E-state index in [0.717, 1.165) is 57.7 Å². The van der Waals surface area contributed by atoms with Crippen molar-refractivity contribution in [3.8, 4) is 0 Å². The molecule has 3 aromatic rings. The molecular weight excluding hydrogens is 498 g/mol. The number of ether oxygens (including phenoxy) is 1. The minimum Gasteiger partial charge on any atom is -0.459 e. The number of carbonyl (C=O) groups is 1. The van der Waals surface area contributed by atoms with E-state index in [1.807, 2.05) is 32.9 Å². The molecule has 0 aromatic heterocycles. The fourth-order valence-electron chi connectivity index (χ4n) is 6.17. The zero-order valence-electron chi connectivity index (χ0n) is 24.1. The van der Waals surface area contributed by atoms with Crippen molar-refractivity contribution in [3.63, 3.8) is 0 Å². The number of rotatable bonds is 7. The number of anilines is 1. The number of nitrogen functional groups attached to an aromatic ring is 1. The van der Waals surface area contributed by atoms with Gasteiger partial charge in [-0.25, -0.2) is 0 Å². The van der Waals surface area contributed by atoms with Gasteiger partial charge in [0.1, 0.15) is 17.5 Å². The van der Waals surface area contributed by atoms with E-state index in [-0.39, 0.29) is 17.8 Å². The van der Waals surface area contributed by atoms with Crippen molar-refractivity contribution in [3.05, 3.63) is 77.9 Å². The van der Waals surface area contributed by atoms with E-state index >= 15 is 0 Å². The molecule has 3 aromatic carbocycles. The number of nitrogens with one attached hydrogen (secondary N) is 1. The van der Waals surface area contributed by atoms with Gasteiger partial charge < -0.3 is 15.4 Å². The molecule has 212 valence electrons. The van der Waals surface area contributed by atoms with Gasteiger partial charge in [-0.15, -0.1) is 0 Å². The van der Waals surface area contributed by atoms with Gasteiger partial charge in [-0.1, -0.05) is 42.5 Å². The number of hydrogen-bond acceptors (Lipinski definition) is 6. The lowest BCUT2D eigenvalue weighted by atomic mass is 9.95. The van der Waals surface area contributed by atoms with E-state index < -0.39 is 5.60 Å². The highest BCUT2D eigenvalue weighted by Gasteiger charge is 2.35. The molecule has 0 radical (unpaired) electrons. The van der Waals surface area contributed by atoms with Crippen LogP contribution in [0, 0.1) is 5.41 Å². The number of piperidine rings is 1. The van der Waals surface area contributed by atoms with Crippen LogP contribution in [-0.2, 0) is 16.0 Å². The van der Waals surface area contributed by atoms with E-state index in [0.29, 0.717) is 12.5 Å². The van der Waals surface area contributed by atoms with Gasteiger partial charge in [0.2, 0.25) is 0 Å². The van der Waals surface area contributed by atoms with Crippen LogP contribution in [-0.4, -0.2) is 78.6 Å². The number of benzene rings is 3. The first kappa shape index (κ1) is 28.1. The van der Waals surface area contributed by atoms with Crippen molar-refractivity contribution in [2.45, 2.75) is 57.7 Å². The number of nitrogens with zero attached hydrogens (tertiary/aromatic N) is 3. The highest BCUT2D eigenvalue weighted by atomic mass is 16.6. The van der Waals surface area contributed by atoms with Crippen LogP contribution >= 0.6 is 0 Å². The molecule has 3 N–H and O–H groups in total. The third kappa shape index (κ3) is 6.65. The molecule has 1 unspecified atom stereocenters. The van der Waals surface area contributed by atoms with E-state index in [1.165, 1.54) is 22.0 Å². The summed E-state index contributed by atoms with van der Waals surface area (Å²) in [4.78, 5) is 20.9. The zero-order chi connectivity index (χ0) is 28.3. The molecule has 1 atom stereocenters. The van der Waals surface area contributed by atoms with Crippen LogP contribution in [0.2, 0.25) is 0 Å². The van der Waals surface area contributed by atoms with Gasteiger partial charge in [0, 0.05) is 56.6 Å². The SMILES string of the molecule is CC(C)(C)OC(=O)C(Cc1cccc2ccccc12)N1CCC(N2CCN(c3ccc(C(=N)N)cc3)CC2)CC1. The molecular formula is C33H43N5O2. The number of esters is 1. The van der Waals surface area contributed by atoms with Crippen LogP contribution < -0.4 is 10.6 Å². The molecule has 2 heterocycles. The van der Waals surface area contributed by atoms with Gasteiger partial charge in [-0.3, -0.25) is 20.0 Å².